The van der Waals surface area contributed by atoms with Crippen LogP contribution in [0.1, 0.15) is 30.7 Å². The SMILES string of the molecule is Cc1nc(Cl)c(C)c(NCCCCC(F)(F)F)n1. The molecule has 0 bridgehead atoms. The summed E-state index contributed by atoms with van der Waals surface area (Å²) < 4.78 is 35.8. The molecule has 0 aliphatic heterocycles. The van der Waals surface area contributed by atoms with Gasteiger partial charge in [0, 0.05) is 18.5 Å². The number of alkyl halides is 3. The molecule has 0 unspecified atom stereocenters. The molecule has 1 aromatic rings. The highest BCUT2D eigenvalue weighted by Crippen LogP contribution is 2.23. The molecule has 0 saturated heterocycles. The molecule has 3 nitrogen and oxygen atoms in total. The van der Waals surface area contributed by atoms with Crippen molar-refractivity contribution >= 4 is 17.4 Å². The average Bonchev–Trinajstić information content (AvgIpc) is 2.22. The molecule has 1 N–H and O–H groups in total. The summed E-state index contributed by atoms with van der Waals surface area (Å²) in [6.45, 7) is 3.91. The highest BCUT2D eigenvalue weighted by molar-refractivity contribution is 6.30. The second-order valence-electron chi connectivity index (χ2n) is 4.03. The maximum Gasteiger partial charge on any atom is 0.389 e. The Labute approximate surface area is 109 Å². The third-order valence-corrected chi connectivity index (χ3v) is 2.75. The number of nitrogens with zero attached hydrogens (tertiary/aromatic N) is 2. The van der Waals surface area contributed by atoms with Gasteiger partial charge in [0.15, 0.2) is 0 Å². The summed E-state index contributed by atoms with van der Waals surface area (Å²) in [5, 5.41) is 3.34. The molecule has 102 valence electrons. The van der Waals surface area contributed by atoms with Crippen LogP contribution in [0, 0.1) is 13.8 Å². The van der Waals surface area contributed by atoms with Gasteiger partial charge in [-0.25, -0.2) is 9.97 Å². The highest BCUT2D eigenvalue weighted by atomic mass is 35.5. The molecule has 0 amide bonds. The van der Waals surface area contributed by atoms with E-state index in [4.69, 9.17) is 11.6 Å². The summed E-state index contributed by atoms with van der Waals surface area (Å²) in [6, 6.07) is 0. The molecule has 1 aromatic heterocycles. The number of hydrogen-bond acceptors (Lipinski definition) is 3. The topological polar surface area (TPSA) is 37.8 Å². The van der Waals surface area contributed by atoms with E-state index in [-0.39, 0.29) is 6.42 Å². The summed E-state index contributed by atoms with van der Waals surface area (Å²) in [4.78, 5) is 8.13. The van der Waals surface area contributed by atoms with Crippen molar-refractivity contribution in [2.75, 3.05) is 11.9 Å². The summed E-state index contributed by atoms with van der Waals surface area (Å²) >= 11 is 5.88. The first kappa shape index (κ1) is 15.0. The highest BCUT2D eigenvalue weighted by Gasteiger charge is 2.25. The Balaban J connectivity index is 2.40. The van der Waals surface area contributed by atoms with E-state index >= 15 is 0 Å². The second-order valence-corrected chi connectivity index (χ2v) is 4.39. The third kappa shape index (κ3) is 5.08. The molecular weight excluding hydrogens is 267 g/mol. The molecule has 0 spiro atoms. The first-order valence-corrected chi connectivity index (χ1v) is 5.99. The molecule has 7 heteroatoms. The lowest BCUT2D eigenvalue weighted by atomic mass is 10.2. The zero-order chi connectivity index (χ0) is 13.8. The van der Waals surface area contributed by atoms with Crippen molar-refractivity contribution in [1.29, 1.82) is 0 Å². The van der Waals surface area contributed by atoms with Crippen LogP contribution in [0.3, 0.4) is 0 Å². The van der Waals surface area contributed by atoms with Crippen molar-refractivity contribution in [2.24, 2.45) is 0 Å². The zero-order valence-corrected chi connectivity index (χ0v) is 11.0. The van der Waals surface area contributed by atoms with Gasteiger partial charge in [-0.3, -0.25) is 0 Å². The van der Waals surface area contributed by atoms with Crippen molar-refractivity contribution in [3.05, 3.63) is 16.5 Å². The summed E-state index contributed by atoms with van der Waals surface area (Å²) in [6.07, 6.45) is -4.30. The van der Waals surface area contributed by atoms with E-state index in [0.717, 1.165) is 0 Å². The average molecular weight is 282 g/mol. The monoisotopic (exact) mass is 281 g/mol. The van der Waals surface area contributed by atoms with E-state index in [9.17, 15) is 13.2 Å². The molecule has 0 atom stereocenters. The van der Waals surface area contributed by atoms with E-state index in [1.807, 2.05) is 0 Å². The maximum atomic E-state index is 11.9. The Morgan fingerprint density at radius 2 is 1.83 bits per heavy atom. The number of anilines is 1. The smallest absolute Gasteiger partial charge is 0.370 e. The summed E-state index contributed by atoms with van der Waals surface area (Å²) in [7, 11) is 0. The predicted molar refractivity (Wildman–Crippen MR) is 64.9 cm³/mol. The number of halogens is 4. The lowest BCUT2D eigenvalue weighted by Gasteiger charge is -2.10. The minimum Gasteiger partial charge on any atom is -0.370 e. The van der Waals surface area contributed by atoms with Crippen LogP contribution in [0.5, 0.6) is 0 Å². The molecule has 0 saturated carbocycles. The first-order valence-electron chi connectivity index (χ1n) is 5.61. The minimum absolute atomic E-state index is 0.105. The van der Waals surface area contributed by atoms with Crippen LogP contribution in [0.15, 0.2) is 0 Å². The summed E-state index contributed by atoms with van der Waals surface area (Å²) in [5.41, 5.74) is 0.707. The van der Waals surface area contributed by atoms with Gasteiger partial charge in [-0.15, -0.1) is 0 Å². The fourth-order valence-corrected chi connectivity index (χ4v) is 1.64. The van der Waals surface area contributed by atoms with Gasteiger partial charge in [0.05, 0.1) is 0 Å². The van der Waals surface area contributed by atoms with Crippen molar-refractivity contribution < 1.29 is 13.2 Å². The van der Waals surface area contributed by atoms with Crippen LogP contribution in [0.4, 0.5) is 19.0 Å². The standard InChI is InChI=1S/C11H15ClF3N3/c1-7-9(12)17-8(2)18-10(7)16-6-4-3-5-11(13,14)15/h3-6H2,1-2H3,(H,16,17,18). The molecule has 1 heterocycles. The van der Waals surface area contributed by atoms with Gasteiger partial charge >= 0.3 is 6.18 Å². The lowest BCUT2D eigenvalue weighted by molar-refractivity contribution is -0.135. The maximum absolute atomic E-state index is 11.9. The normalized spacial score (nSPS) is 11.7. The molecule has 0 aromatic carbocycles. The van der Waals surface area contributed by atoms with Crippen LogP contribution in [-0.2, 0) is 0 Å². The van der Waals surface area contributed by atoms with Crippen LogP contribution < -0.4 is 5.32 Å². The van der Waals surface area contributed by atoms with E-state index in [0.29, 0.717) is 35.3 Å². The Morgan fingerprint density at radius 3 is 2.44 bits per heavy atom. The van der Waals surface area contributed by atoms with Crippen molar-refractivity contribution in [2.45, 2.75) is 39.3 Å². The molecule has 1 rings (SSSR count). The van der Waals surface area contributed by atoms with Gasteiger partial charge in [0.2, 0.25) is 0 Å². The van der Waals surface area contributed by atoms with Gasteiger partial charge in [0.25, 0.3) is 0 Å². The van der Waals surface area contributed by atoms with E-state index in [1.54, 1.807) is 13.8 Å². The Kier molecular flexibility index (Phi) is 5.19. The fourth-order valence-electron chi connectivity index (χ4n) is 1.42. The molecule has 0 aliphatic rings. The van der Waals surface area contributed by atoms with Crippen LogP contribution in [0.2, 0.25) is 5.15 Å². The van der Waals surface area contributed by atoms with Crippen molar-refractivity contribution in [3.63, 3.8) is 0 Å². The Bertz CT molecular complexity index is 407. The summed E-state index contributed by atoms with van der Waals surface area (Å²) in [5.74, 6) is 1.11. The number of rotatable bonds is 5. The third-order valence-electron chi connectivity index (χ3n) is 2.38. The molecule has 0 fully saturated rings. The van der Waals surface area contributed by atoms with Crippen LogP contribution >= 0.6 is 11.6 Å². The Hall–Kier alpha value is -1.04. The quantitative estimate of drug-likeness (QED) is 0.657. The predicted octanol–water partition coefficient (Wildman–Crippen LogP) is 3.89. The van der Waals surface area contributed by atoms with Gasteiger partial charge in [-0.1, -0.05) is 11.6 Å². The van der Waals surface area contributed by atoms with Crippen LogP contribution in [0.25, 0.3) is 0 Å². The molecular formula is C11H15ClF3N3. The largest absolute Gasteiger partial charge is 0.389 e. The number of hydrogen-bond donors (Lipinski definition) is 1. The number of nitrogens with one attached hydrogen (secondary N) is 1. The fraction of sp³-hybridized carbons (Fsp3) is 0.636. The van der Waals surface area contributed by atoms with Crippen molar-refractivity contribution in [3.8, 4) is 0 Å². The van der Waals surface area contributed by atoms with Gasteiger partial charge in [-0.05, 0) is 26.7 Å². The van der Waals surface area contributed by atoms with E-state index < -0.39 is 12.6 Å². The zero-order valence-electron chi connectivity index (χ0n) is 10.2. The Morgan fingerprint density at radius 1 is 1.17 bits per heavy atom. The lowest BCUT2D eigenvalue weighted by Crippen LogP contribution is -2.10. The van der Waals surface area contributed by atoms with Crippen LogP contribution in [-0.4, -0.2) is 22.7 Å². The minimum atomic E-state index is -4.08. The molecule has 0 radical (unpaired) electrons. The number of aromatic nitrogens is 2. The van der Waals surface area contributed by atoms with Crippen molar-refractivity contribution in [1.82, 2.24) is 9.97 Å². The van der Waals surface area contributed by atoms with E-state index in [1.165, 1.54) is 0 Å². The number of unbranched alkanes of at least 4 members (excludes halogenated alkanes) is 1. The number of aryl methyl sites for hydroxylation is 1. The van der Waals surface area contributed by atoms with Gasteiger partial charge in [-0.2, -0.15) is 13.2 Å². The first-order chi connectivity index (χ1) is 8.29. The second kappa shape index (κ2) is 6.22. The van der Waals surface area contributed by atoms with E-state index in [2.05, 4.69) is 15.3 Å². The molecule has 18 heavy (non-hydrogen) atoms. The van der Waals surface area contributed by atoms with Gasteiger partial charge in [0.1, 0.15) is 16.8 Å². The molecule has 0 aliphatic carbocycles. The van der Waals surface area contributed by atoms with Gasteiger partial charge < -0.3 is 5.32 Å².